The van der Waals surface area contributed by atoms with E-state index in [0.29, 0.717) is 11.5 Å². The van der Waals surface area contributed by atoms with Crippen molar-refractivity contribution in [1.82, 2.24) is 9.55 Å². The highest BCUT2D eigenvalue weighted by Gasteiger charge is 2.38. The number of aliphatic hydroxyl groups is 1. The van der Waals surface area contributed by atoms with Crippen molar-refractivity contribution in [1.29, 1.82) is 0 Å². The average molecular weight is 527 g/mol. The van der Waals surface area contributed by atoms with Crippen molar-refractivity contribution in [3.63, 3.8) is 0 Å². The predicted molar refractivity (Wildman–Crippen MR) is 148 cm³/mol. The highest BCUT2D eigenvalue weighted by atomic mass is 16.5. The molecule has 0 aliphatic heterocycles. The maximum atomic E-state index is 12.0. The number of H-pyrrole nitrogens is 1. The highest BCUT2D eigenvalue weighted by molar-refractivity contribution is 5.49. The van der Waals surface area contributed by atoms with Gasteiger partial charge in [0.25, 0.3) is 5.56 Å². The number of ether oxygens (including phenoxy) is 3. The molecule has 0 fully saturated rings. The summed E-state index contributed by atoms with van der Waals surface area (Å²) >= 11 is 0. The van der Waals surface area contributed by atoms with Crippen LogP contribution in [0.5, 0.6) is 11.5 Å². The van der Waals surface area contributed by atoms with Crippen LogP contribution in [0.3, 0.4) is 0 Å². The second kappa shape index (κ2) is 12.3. The quantitative estimate of drug-likeness (QED) is 0.257. The number of benzene rings is 3. The van der Waals surface area contributed by atoms with E-state index >= 15 is 0 Å². The number of aliphatic hydroxyl groups excluding tert-OH is 1. The summed E-state index contributed by atoms with van der Waals surface area (Å²) in [6.45, 7) is -0.0503. The molecule has 39 heavy (non-hydrogen) atoms. The topological polar surface area (TPSA) is 103 Å². The second-order valence-corrected chi connectivity index (χ2v) is 8.89. The van der Waals surface area contributed by atoms with Gasteiger partial charge in [0.05, 0.1) is 26.9 Å². The Balaban J connectivity index is 1.69. The molecule has 8 nitrogen and oxygen atoms in total. The minimum atomic E-state index is -1.07. The first-order valence-corrected chi connectivity index (χ1v) is 12.3. The van der Waals surface area contributed by atoms with Crippen molar-refractivity contribution in [2.75, 3.05) is 20.8 Å². The number of aromatic amines is 1. The Kier molecular flexibility index (Phi) is 8.67. The number of methoxy groups -OCH3 is 2. The molecule has 1 aromatic heterocycles. The maximum absolute atomic E-state index is 12.0. The van der Waals surface area contributed by atoms with E-state index in [-0.39, 0.29) is 18.6 Å². The smallest absolute Gasteiger partial charge is 0.328 e. The van der Waals surface area contributed by atoms with E-state index in [9.17, 15) is 14.7 Å². The van der Waals surface area contributed by atoms with Crippen molar-refractivity contribution >= 4 is 0 Å². The van der Waals surface area contributed by atoms with Crippen LogP contribution in [-0.4, -0.2) is 41.6 Å². The Hall–Kier alpha value is -4.58. The van der Waals surface area contributed by atoms with Gasteiger partial charge in [-0.05, 0) is 41.0 Å². The molecule has 0 bridgehead atoms. The number of nitrogens with zero attached hydrogens (tertiary/aromatic N) is 1. The van der Waals surface area contributed by atoms with Crippen LogP contribution in [0.1, 0.15) is 28.7 Å². The van der Waals surface area contributed by atoms with Gasteiger partial charge in [-0.1, -0.05) is 66.4 Å². The third kappa shape index (κ3) is 6.12. The largest absolute Gasteiger partial charge is 0.497 e. The third-order valence-electron chi connectivity index (χ3n) is 6.33. The summed E-state index contributed by atoms with van der Waals surface area (Å²) in [7, 11) is 4.74. The van der Waals surface area contributed by atoms with Gasteiger partial charge < -0.3 is 23.9 Å². The summed E-state index contributed by atoms with van der Waals surface area (Å²) in [5.41, 5.74) is 0.537. The molecule has 1 heterocycles. The van der Waals surface area contributed by atoms with Crippen LogP contribution >= 0.6 is 0 Å². The molecule has 200 valence electrons. The van der Waals surface area contributed by atoms with E-state index in [2.05, 4.69) is 16.8 Å². The van der Waals surface area contributed by atoms with Crippen molar-refractivity contribution in [3.8, 4) is 23.3 Å². The predicted octanol–water partition coefficient (Wildman–Crippen LogP) is 3.20. The number of hydrogen-bond acceptors (Lipinski definition) is 6. The van der Waals surface area contributed by atoms with Gasteiger partial charge in [0.2, 0.25) is 0 Å². The SMILES string of the molecule is COc1ccc(C(OCC(O)CC#Cc2cn(C)c(=O)[nH]c2=O)(c2ccccc2)c2ccc(OC)cc2)cc1. The van der Waals surface area contributed by atoms with E-state index in [1.807, 2.05) is 78.9 Å². The van der Waals surface area contributed by atoms with Gasteiger partial charge in [-0.3, -0.25) is 9.78 Å². The van der Waals surface area contributed by atoms with E-state index in [4.69, 9.17) is 14.2 Å². The number of aryl methyl sites for hydroxylation is 1. The summed E-state index contributed by atoms with van der Waals surface area (Å²) in [5, 5.41) is 10.9. The Morgan fingerprint density at radius 2 is 1.41 bits per heavy atom. The lowest BCUT2D eigenvalue weighted by Crippen LogP contribution is -2.35. The standard InChI is InChI=1S/C31H30N2O6/c1-33-20-22(29(35)32-30(33)36)8-7-11-26(34)21-39-31(23-9-5-4-6-10-23,24-12-16-27(37-2)17-13-24)25-14-18-28(38-3)19-15-25/h4-6,9-10,12-20,26,34H,11,21H2,1-3H3,(H,32,35,36). The van der Waals surface area contributed by atoms with Gasteiger partial charge in [-0.2, -0.15) is 0 Å². The van der Waals surface area contributed by atoms with Gasteiger partial charge in [-0.25, -0.2) is 4.79 Å². The number of hydrogen-bond donors (Lipinski definition) is 2. The molecule has 4 rings (SSSR count). The molecule has 0 aliphatic rings. The van der Waals surface area contributed by atoms with E-state index < -0.39 is 23.0 Å². The summed E-state index contributed by atoms with van der Waals surface area (Å²) in [6.07, 6.45) is 0.465. The first-order valence-electron chi connectivity index (χ1n) is 12.3. The van der Waals surface area contributed by atoms with Crippen LogP contribution in [0.25, 0.3) is 0 Å². The van der Waals surface area contributed by atoms with Crippen molar-refractivity contribution in [2.24, 2.45) is 7.05 Å². The molecule has 4 aromatic rings. The zero-order valence-corrected chi connectivity index (χ0v) is 22.0. The minimum Gasteiger partial charge on any atom is -0.497 e. The van der Waals surface area contributed by atoms with Gasteiger partial charge in [0.1, 0.15) is 22.7 Å². The molecule has 0 aliphatic carbocycles. The van der Waals surface area contributed by atoms with Crippen LogP contribution in [0.2, 0.25) is 0 Å². The second-order valence-electron chi connectivity index (χ2n) is 8.89. The lowest BCUT2D eigenvalue weighted by Gasteiger charge is -2.36. The van der Waals surface area contributed by atoms with Crippen LogP contribution in [-0.2, 0) is 17.4 Å². The van der Waals surface area contributed by atoms with Gasteiger partial charge in [-0.15, -0.1) is 0 Å². The highest BCUT2D eigenvalue weighted by Crippen LogP contribution is 2.41. The fourth-order valence-electron chi connectivity index (χ4n) is 4.27. The van der Waals surface area contributed by atoms with Crippen molar-refractivity contribution in [2.45, 2.75) is 18.1 Å². The molecule has 0 spiro atoms. The molecule has 3 aromatic carbocycles. The zero-order valence-electron chi connectivity index (χ0n) is 22.0. The van der Waals surface area contributed by atoms with Crippen molar-refractivity contribution in [3.05, 3.63) is 128 Å². The molecule has 8 heteroatoms. The summed E-state index contributed by atoms with van der Waals surface area (Å²) < 4.78 is 18.6. The molecule has 0 amide bonds. The normalized spacial score (nSPS) is 11.8. The maximum Gasteiger partial charge on any atom is 0.328 e. The van der Waals surface area contributed by atoms with Crippen LogP contribution < -0.4 is 20.7 Å². The molecule has 0 radical (unpaired) electrons. The Labute approximate surface area is 226 Å². The van der Waals surface area contributed by atoms with Crippen LogP contribution in [0.15, 0.2) is 94.6 Å². The number of rotatable bonds is 9. The molecule has 1 atom stereocenters. The molecule has 2 N–H and O–H groups in total. The van der Waals surface area contributed by atoms with Gasteiger partial charge in [0, 0.05) is 19.7 Å². The summed E-state index contributed by atoms with van der Waals surface area (Å²) in [5.74, 6) is 6.97. The molecular weight excluding hydrogens is 496 g/mol. The zero-order chi connectivity index (χ0) is 27.8. The van der Waals surface area contributed by atoms with E-state index in [0.717, 1.165) is 16.7 Å². The van der Waals surface area contributed by atoms with Crippen LogP contribution in [0.4, 0.5) is 0 Å². The average Bonchev–Trinajstić information content (AvgIpc) is 2.97. The molecule has 0 saturated heterocycles. The monoisotopic (exact) mass is 526 g/mol. The van der Waals surface area contributed by atoms with Crippen LogP contribution in [0, 0.1) is 11.8 Å². The molecule has 1 unspecified atom stereocenters. The van der Waals surface area contributed by atoms with Gasteiger partial charge >= 0.3 is 5.69 Å². The molecular formula is C31H30N2O6. The molecule has 0 saturated carbocycles. The fraction of sp³-hybridized carbons (Fsp3) is 0.226. The van der Waals surface area contributed by atoms with Crippen molar-refractivity contribution < 1.29 is 19.3 Å². The van der Waals surface area contributed by atoms with E-state index in [1.54, 1.807) is 14.2 Å². The Morgan fingerprint density at radius 1 is 0.872 bits per heavy atom. The third-order valence-corrected chi connectivity index (χ3v) is 6.33. The Morgan fingerprint density at radius 3 is 1.95 bits per heavy atom. The lowest BCUT2D eigenvalue weighted by atomic mass is 9.80. The number of nitrogens with one attached hydrogen (secondary N) is 1. The number of aromatic nitrogens is 2. The van der Waals surface area contributed by atoms with Gasteiger partial charge in [0.15, 0.2) is 0 Å². The summed E-state index contributed by atoms with van der Waals surface area (Å²) in [4.78, 5) is 25.8. The Bertz CT molecular complexity index is 1520. The minimum absolute atomic E-state index is 0.0503. The summed E-state index contributed by atoms with van der Waals surface area (Å²) in [6, 6.07) is 25.0. The fourth-order valence-corrected chi connectivity index (χ4v) is 4.27. The van der Waals surface area contributed by atoms with E-state index in [1.165, 1.54) is 17.8 Å². The lowest BCUT2D eigenvalue weighted by molar-refractivity contribution is -0.0363. The first-order chi connectivity index (χ1) is 18.9. The first kappa shape index (κ1) is 27.5.